The molecule has 0 saturated carbocycles. The normalized spacial score (nSPS) is 9.95. The van der Waals surface area contributed by atoms with Crippen molar-refractivity contribution in [3.8, 4) is 17.6 Å². The van der Waals surface area contributed by atoms with Crippen molar-refractivity contribution in [1.82, 2.24) is 0 Å². The van der Waals surface area contributed by atoms with Crippen LogP contribution in [0.3, 0.4) is 0 Å². The van der Waals surface area contributed by atoms with Crippen LogP contribution in [-0.2, 0) is 11.8 Å². The van der Waals surface area contributed by atoms with Crippen LogP contribution < -0.4 is 4.74 Å². The van der Waals surface area contributed by atoms with Gasteiger partial charge >= 0.3 is 0 Å². The van der Waals surface area contributed by atoms with Crippen LogP contribution in [0.5, 0.6) is 11.5 Å². The highest BCUT2D eigenvalue weighted by Gasteiger charge is 2.06. The summed E-state index contributed by atoms with van der Waals surface area (Å²) in [5.41, 5.74) is 2.83. The lowest BCUT2D eigenvalue weighted by Crippen LogP contribution is -1.91. The third-order valence-electron chi connectivity index (χ3n) is 2.85. The number of aryl methyl sites for hydroxylation is 1. The van der Waals surface area contributed by atoms with Gasteiger partial charge in [0.2, 0.25) is 0 Å². The van der Waals surface area contributed by atoms with E-state index < -0.39 is 0 Å². The van der Waals surface area contributed by atoms with E-state index in [0.717, 1.165) is 23.1 Å². The van der Waals surface area contributed by atoms with Gasteiger partial charge in [-0.1, -0.05) is 41.1 Å². The van der Waals surface area contributed by atoms with Crippen LogP contribution in [0.25, 0.3) is 0 Å². The number of halogens is 1. The maximum absolute atomic E-state index is 9.17. The van der Waals surface area contributed by atoms with E-state index in [0.29, 0.717) is 11.3 Å². The van der Waals surface area contributed by atoms with Crippen molar-refractivity contribution in [1.29, 1.82) is 5.26 Å². The number of nitrogens with zero attached hydrogens (tertiary/aromatic N) is 1. The van der Waals surface area contributed by atoms with Gasteiger partial charge in [-0.2, -0.15) is 5.26 Å². The molecule has 0 fully saturated rings. The Balaban J connectivity index is 2.30. The molecule has 19 heavy (non-hydrogen) atoms. The Hall–Kier alpha value is -1.79. The molecule has 2 aromatic rings. The van der Waals surface area contributed by atoms with Gasteiger partial charge in [-0.3, -0.25) is 0 Å². The fraction of sp³-hybridized carbons (Fsp3) is 0.188. The van der Waals surface area contributed by atoms with Gasteiger partial charge < -0.3 is 4.74 Å². The average Bonchev–Trinajstić information content (AvgIpc) is 2.48. The van der Waals surface area contributed by atoms with Crippen molar-refractivity contribution >= 4 is 15.9 Å². The summed E-state index contributed by atoms with van der Waals surface area (Å²) >= 11 is 3.38. The van der Waals surface area contributed by atoms with E-state index in [1.54, 1.807) is 0 Å². The first-order chi connectivity index (χ1) is 9.26. The molecule has 3 heteroatoms. The van der Waals surface area contributed by atoms with E-state index >= 15 is 0 Å². The number of hydrogen-bond acceptors (Lipinski definition) is 2. The lowest BCUT2D eigenvalue weighted by atomic mass is 10.1. The molecule has 2 rings (SSSR count). The van der Waals surface area contributed by atoms with Gasteiger partial charge in [-0.15, -0.1) is 0 Å². The number of ether oxygens (including phenoxy) is 1. The van der Waals surface area contributed by atoms with Crippen LogP contribution in [0, 0.1) is 11.3 Å². The van der Waals surface area contributed by atoms with Crippen LogP contribution in [0.2, 0.25) is 0 Å². The molecule has 0 aliphatic rings. The lowest BCUT2D eigenvalue weighted by Gasteiger charge is -2.09. The second kappa shape index (κ2) is 6.40. The van der Waals surface area contributed by atoms with Gasteiger partial charge in [0.1, 0.15) is 17.6 Å². The van der Waals surface area contributed by atoms with Crippen LogP contribution in [0.4, 0.5) is 0 Å². The molecule has 0 heterocycles. The summed E-state index contributed by atoms with van der Waals surface area (Å²) < 4.78 is 5.80. The van der Waals surface area contributed by atoms with Gasteiger partial charge in [0.15, 0.2) is 0 Å². The molecule has 0 aliphatic carbocycles. The molecule has 0 unspecified atom stereocenters. The minimum atomic E-state index is 0.554. The predicted octanol–water partition coefficient (Wildman–Crippen LogP) is 4.81. The van der Waals surface area contributed by atoms with Crippen molar-refractivity contribution in [2.45, 2.75) is 18.7 Å². The standard InChI is InChI=1S/C16H14BrNO/c1-2-12-4-3-5-15(9-12)19-16-7-6-13(10-17)8-14(16)11-18/h3-9H,2,10H2,1H3. The highest BCUT2D eigenvalue weighted by atomic mass is 79.9. The van der Waals surface area contributed by atoms with Crippen molar-refractivity contribution in [2.75, 3.05) is 0 Å². The summed E-state index contributed by atoms with van der Waals surface area (Å²) in [6, 6.07) is 15.7. The van der Waals surface area contributed by atoms with Gasteiger partial charge in [0.05, 0.1) is 5.56 Å². The maximum Gasteiger partial charge on any atom is 0.145 e. The van der Waals surface area contributed by atoms with Gasteiger partial charge in [-0.25, -0.2) is 0 Å². The lowest BCUT2D eigenvalue weighted by molar-refractivity contribution is 0.480. The quantitative estimate of drug-likeness (QED) is 0.759. The Kier molecular flexibility index (Phi) is 4.59. The molecule has 0 aromatic heterocycles. The summed E-state index contributed by atoms with van der Waals surface area (Å²) in [6.07, 6.45) is 0.963. The van der Waals surface area contributed by atoms with E-state index in [-0.39, 0.29) is 0 Å². The van der Waals surface area contributed by atoms with Gasteiger partial charge in [0.25, 0.3) is 0 Å². The van der Waals surface area contributed by atoms with Crippen molar-refractivity contribution in [3.63, 3.8) is 0 Å². The third-order valence-corrected chi connectivity index (χ3v) is 3.50. The molecule has 0 amide bonds. The Morgan fingerprint density at radius 2 is 2.00 bits per heavy atom. The molecule has 0 bridgehead atoms. The number of nitriles is 1. The maximum atomic E-state index is 9.17. The third kappa shape index (κ3) is 3.36. The Bertz CT molecular complexity index is 616. The molecule has 2 nitrogen and oxygen atoms in total. The van der Waals surface area contributed by atoms with Crippen molar-refractivity contribution in [3.05, 3.63) is 59.2 Å². The Morgan fingerprint density at radius 1 is 1.16 bits per heavy atom. The molecule has 0 saturated heterocycles. The van der Waals surface area contributed by atoms with Crippen molar-refractivity contribution in [2.24, 2.45) is 0 Å². The summed E-state index contributed by atoms with van der Waals surface area (Å²) in [4.78, 5) is 0. The van der Waals surface area contributed by atoms with Crippen LogP contribution in [-0.4, -0.2) is 0 Å². The molecular weight excluding hydrogens is 302 g/mol. The molecule has 0 aliphatic heterocycles. The Labute approximate surface area is 121 Å². The minimum absolute atomic E-state index is 0.554. The first kappa shape index (κ1) is 13.6. The molecule has 0 spiro atoms. The summed E-state index contributed by atoms with van der Waals surface area (Å²) in [6.45, 7) is 2.10. The van der Waals surface area contributed by atoms with E-state index in [1.807, 2.05) is 36.4 Å². The van der Waals surface area contributed by atoms with Gasteiger partial charge in [0, 0.05) is 5.33 Å². The number of benzene rings is 2. The molecule has 96 valence electrons. The zero-order valence-electron chi connectivity index (χ0n) is 10.7. The summed E-state index contributed by atoms with van der Waals surface area (Å²) in [5, 5.41) is 9.90. The summed E-state index contributed by atoms with van der Waals surface area (Å²) in [7, 11) is 0. The van der Waals surface area contributed by atoms with E-state index in [1.165, 1.54) is 5.56 Å². The van der Waals surface area contributed by atoms with E-state index in [9.17, 15) is 5.26 Å². The smallest absolute Gasteiger partial charge is 0.145 e. The molecular formula is C16H14BrNO. The second-order valence-electron chi connectivity index (χ2n) is 4.18. The van der Waals surface area contributed by atoms with E-state index in [4.69, 9.17) is 4.74 Å². The summed E-state index contributed by atoms with van der Waals surface area (Å²) in [5.74, 6) is 1.36. The van der Waals surface area contributed by atoms with Crippen molar-refractivity contribution < 1.29 is 4.74 Å². The molecule has 0 radical (unpaired) electrons. The largest absolute Gasteiger partial charge is 0.456 e. The van der Waals surface area contributed by atoms with Crippen LogP contribution in [0.1, 0.15) is 23.6 Å². The zero-order valence-corrected chi connectivity index (χ0v) is 12.3. The first-order valence-corrected chi connectivity index (χ1v) is 7.24. The SMILES string of the molecule is CCc1cccc(Oc2ccc(CBr)cc2C#N)c1. The molecule has 0 N–H and O–H groups in total. The Morgan fingerprint density at radius 3 is 2.68 bits per heavy atom. The number of hydrogen-bond donors (Lipinski definition) is 0. The van der Waals surface area contributed by atoms with E-state index in [2.05, 4.69) is 35.0 Å². The zero-order chi connectivity index (χ0) is 13.7. The highest BCUT2D eigenvalue weighted by Crippen LogP contribution is 2.27. The average molecular weight is 316 g/mol. The van der Waals surface area contributed by atoms with Gasteiger partial charge in [-0.05, 0) is 41.8 Å². The monoisotopic (exact) mass is 315 g/mol. The van der Waals surface area contributed by atoms with Crippen LogP contribution in [0.15, 0.2) is 42.5 Å². The molecule has 0 atom stereocenters. The van der Waals surface area contributed by atoms with Crippen LogP contribution >= 0.6 is 15.9 Å². The number of rotatable bonds is 4. The fourth-order valence-corrected chi connectivity index (χ4v) is 2.14. The first-order valence-electron chi connectivity index (χ1n) is 6.12. The topological polar surface area (TPSA) is 33.0 Å². The molecule has 2 aromatic carbocycles. The highest BCUT2D eigenvalue weighted by molar-refractivity contribution is 9.08. The predicted molar refractivity (Wildman–Crippen MR) is 79.7 cm³/mol. The fourth-order valence-electron chi connectivity index (χ4n) is 1.79. The number of alkyl halides is 1. The minimum Gasteiger partial charge on any atom is -0.456 e. The second-order valence-corrected chi connectivity index (χ2v) is 4.74.